The normalized spacial score (nSPS) is 37.5. The van der Waals surface area contributed by atoms with E-state index in [0.29, 0.717) is 6.42 Å². The third-order valence-electron chi connectivity index (χ3n) is 2.28. The molecule has 0 bridgehead atoms. The number of hydrogen-bond donors (Lipinski definition) is 2. The molecular weight excluding hydrogens is 146 g/mol. The zero-order valence-corrected chi connectivity index (χ0v) is 6.49. The molecular formula is C7H13NO3. The van der Waals surface area contributed by atoms with E-state index in [9.17, 15) is 4.79 Å². The summed E-state index contributed by atoms with van der Waals surface area (Å²) in [6.07, 6.45) is 1.32. The molecule has 1 fully saturated rings. The van der Waals surface area contributed by atoms with Gasteiger partial charge >= 0.3 is 5.97 Å². The Labute approximate surface area is 65.3 Å². The van der Waals surface area contributed by atoms with Crippen molar-refractivity contribution in [1.29, 1.82) is 0 Å². The summed E-state index contributed by atoms with van der Waals surface area (Å²) < 4.78 is 5.02. The molecule has 0 aromatic carbocycles. The SMILES string of the molecule is CO[C@@H]1CC[C@@H](C(=O)O)[C@H]1N. The van der Waals surface area contributed by atoms with Crippen molar-refractivity contribution in [2.24, 2.45) is 11.7 Å². The summed E-state index contributed by atoms with van der Waals surface area (Å²) in [5.41, 5.74) is 5.63. The molecule has 0 heterocycles. The molecule has 1 rings (SSSR count). The Hall–Kier alpha value is -0.610. The van der Waals surface area contributed by atoms with Crippen molar-refractivity contribution < 1.29 is 14.6 Å². The van der Waals surface area contributed by atoms with Crippen LogP contribution in [0.5, 0.6) is 0 Å². The van der Waals surface area contributed by atoms with E-state index in [-0.39, 0.29) is 12.1 Å². The number of aliphatic carboxylic acids is 1. The number of carbonyl (C=O) groups is 1. The van der Waals surface area contributed by atoms with Crippen LogP contribution in [0, 0.1) is 5.92 Å². The molecule has 0 aromatic rings. The van der Waals surface area contributed by atoms with E-state index in [1.807, 2.05) is 0 Å². The first-order valence-corrected chi connectivity index (χ1v) is 3.68. The molecule has 11 heavy (non-hydrogen) atoms. The summed E-state index contributed by atoms with van der Waals surface area (Å²) in [5.74, 6) is -1.23. The van der Waals surface area contributed by atoms with E-state index in [2.05, 4.69) is 0 Å². The van der Waals surface area contributed by atoms with E-state index in [4.69, 9.17) is 15.6 Å². The van der Waals surface area contributed by atoms with Gasteiger partial charge in [0.2, 0.25) is 0 Å². The minimum atomic E-state index is -0.808. The Morgan fingerprint density at radius 3 is 2.55 bits per heavy atom. The maximum Gasteiger partial charge on any atom is 0.308 e. The average Bonchev–Trinajstić information content (AvgIpc) is 2.30. The van der Waals surface area contributed by atoms with E-state index in [1.54, 1.807) is 7.11 Å². The van der Waals surface area contributed by atoms with Crippen molar-refractivity contribution in [1.82, 2.24) is 0 Å². The summed E-state index contributed by atoms with van der Waals surface area (Å²) in [5, 5.41) is 8.66. The van der Waals surface area contributed by atoms with E-state index >= 15 is 0 Å². The Morgan fingerprint density at radius 1 is 1.64 bits per heavy atom. The van der Waals surface area contributed by atoms with Crippen LogP contribution in [-0.4, -0.2) is 30.3 Å². The second-order valence-corrected chi connectivity index (χ2v) is 2.87. The summed E-state index contributed by atoms with van der Waals surface area (Å²) in [6.45, 7) is 0. The first-order chi connectivity index (χ1) is 5.16. The van der Waals surface area contributed by atoms with Crippen molar-refractivity contribution >= 4 is 5.97 Å². The van der Waals surface area contributed by atoms with Crippen LogP contribution in [0.25, 0.3) is 0 Å². The maximum atomic E-state index is 10.5. The molecule has 1 aliphatic rings. The molecule has 0 amide bonds. The standard InChI is InChI=1S/C7H13NO3/c1-11-5-3-2-4(6(5)8)7(9)10/h4-6H,2-3,8H2,1H3,(H,9,10)/t4-,5-,6-/m1/s1. The fourth-order valence-corrected chi connectivity index (χ4v) is 1.55. The minimum Gasteiger partial charge on any atom is -0.481 e. The van der Waals surface area contributed by atoms with Gasteiger partial charge in [0.25, 0.3) is 0 Å². The molecule has 0 unspecified atom stereocenters. The monoisotopic (exact) mass is 159 g/mol. The second kappa shape index (κ2) is 3.19. The average molecular weight is 159 g/mol. The van der Waals surface area contributed by atoms with Gasteiger partial charge in [-0.05, 0) is 12.8 Å². The number of ether oxygens (including phenoxy) is 1. The number of carboxylic acid groups (broad SMARTS) is 1. The van der Waals surface area contributed by atoms with Gasteiger partial charge in [0.1, 0.15) is 0 Å². The summed E-state index contributed by atoms with van der Waals surface area (Å²) in [6, 6.07) is -0.336. The van der Waals surface area contributed by atoms with Gasteiger partial charge in [-0.3, -0.25) is 4.79 Å². The molecule has 4 heteroatoms. The Morgan fingerprint density at radius 2 is 2.27 bits per heavy atom. The van der Waals surface area contributed by atoms with Crippen LogP contribution in [-0.2, 0) is 9.53 Å². The van der Waals surface area contributed by atoms with Crippen LogP contribution in [0.15, 0.2) is 0 Å². The molecule has 1 aliphatic carbocycles. The van der Waals surface area contributed by atoms with Gasteiger partial charge in [-0.1, -0.05) is 0 Å². The molecule has 0 radical (unpaired) electrons. The van der Waals surface area contributed by atoms with Crippen LogP contribution in [0.1, 0.15) is 12.8 Å². The van der Waals surface area contributed by atoms with Crippen molar-refractivity contribution in [2.45, 2.75) is 25.0 Å². The molecule has 3 N–H and O–H groups in total. The van der Waals surface area contributed by atoms with Crippen LogP contribution in [0.2, 0.25) is 0 Å². The highest BCUT2D eigenvalue weighted by Crippen LogP contribution is 2.26. The molecule has 0 aromatic heterocycles. The van der Waals surface area contributed by atoms with Gasteiger partial charge in [-0.2, -0.15) is 0 Å². The highest BCUT2D eigenvalue weighted by atomic mass is 16.5. The lowest BCUT2D eigenvalue weighted by Gasteiger charge is -2.15. The van der Waals surface area contributed by atoms with E-state index in [0.717, 1.165) is 6.42 Å². The number of rotatable bonds is 2. The lowest BCUT2D eigenvalue weighted by Crippen LogP contribution is -2.39. The van der Waals surface area contributed by atoms with Gasteiger partial charge in [0.15, 0.2) is 0 Å². The van der Waals surface area contributed by atoms with Crippen molar-refractivity contribution in [3.05, 3.63) is 0 Å². The largest absolute Gasteiger partial charge is 0.481 e. The Kier molecular flexibility index (Phi) is 2.46. The molecule has 0 saturated heterocycles. The van der Waals surface area contributed by atoms with Gasteiger partial charge in [0.05, 0.1) is 12.0 Å². The lowest BCUT2D eigenvalue weighted by atomic mass is 10.0. The number of nitrogens with two attached hydrogens (primary N) is 1. The summed E-state index contributed by atoms with van der Waals surface area (Å²) >= 11 is 0. The van der Waals surface area contributed by atoms with Crippen LogP contribution < -0.4 is 5.73 Å². The maximum absolute atomic E-state index is 10.5. The van der Waals surface area contributed by atoms with Gasteiger partial charge in [-0.25, -0.2) is 0 Å². The van der Waals surface area contributed by atoms with E-state index in [1.165, 1.54) is 0 Å². The number of hydrogen-bond acceptors (Lipinski definition) is 3. The zero-order valence-electron chi connectivity index (χ0n) is 6.49. The predicted molar refractivity (Wildman–Crippen MR) is 39.1 cm³/mol. The third-order valence-corrected chi connectivity index (χ3v) is 2.28. The molecule has 0 spiro atoms. The third kappa shape index (κ3) is 1.52. The van der Waals surface area contributed by atoms with E-state index < -0.39 is 11.9 Å². The van der Waals surface area contributed by atoms with Crippen molar-refractivity contribution in [2.75, 3.05) is 7.11 Å². The lowest BCUT2D eigenvalue weighted by molar-refractivity contribution is -0.142. The van der Waals surface area contributed by atoms with Crippen LogP contribution in [0.4, 0.5) is 0 Å². The quantitative estimate of drug-likeness (QED) is 0.586. The summed E-state index contributed by atoms with van der Waals surface area (Å²) in [7, 11) is 1.56. The van der Waals surface area contributed by atoms with Crippen LogP contribution >= 0.6 is 0 Å². The highest BCUT2D eigenvalue weighted by Gasteiger charge is 2.37. The zero-order chi connectivity index (χ0) is 8.43. The first kappa shape index (κ1) is 8.49. The summed E-state index contributed by atoms with van der Waals surface area (Å²) in [4.78, 5) is 10.5. The second-order valence-electron chi connectivity index (χ2n) is 2.87. The first-order valence-electron chi connectivity index (χ1n) is 3.68. The topological polar surface area (TPSA) is 72.5 Å². The molecule has 4 nitrogen and oxygen atoms in total. The predicted octanol–water partition coefficient (Wildman–Crippen LogP) is -0.177. The van der Waals surface area contributed by atoms with Crippen molar-refractivity contribution in [3.63, 3.8) is 0 Å². The number of methoxy groups -OCH3 is 1. The molecule has 0 aliphatic heterocycles. The Bertz CT molecular complexity index is 160. The molecule has 64 valence electrons. The highest BCUT2D eigenvalue weighted by molar-refractivity contribution is 5.71. The molecule has 3 atom stereocenters. The van der Waals surface area contributed by atoms with Gasteiger partial charge in [0, 0.05) is 13.2 Å². The molecule has 1 saturated carbocycles. The minimum absolute atomic E-state index is 0.0731. The number of carboxylic acids is 1. The van der Waals surface area contributed by atoms with Crippen molar-refractivity contribution in [3.8, 4) is 0 Å². The fourth-order valence-electron chi connectivity index (χ4n) is 1.55. The van der Waals surface area contributed by atoms with Gasteiger partial charge < -0.3 is 15.6 Å². The smallest absolute Gasteiger partial charge is 0.308 e. The fraction of sp³-hybridized carbons (Fsp3) is 0.857. The van der Waals surface area contributed by atoms with Crippen LogP contribution in [0.3, 0.4) is 0 Å². The van der Waals surface area contributed by atoms with Gasteiger partial charge in [-0.15, -0.1) is 0 Å². The Balaban J connectivity index is 2.55.